The summed E-state index contributed by atoms with van der Waals surface area (Å²) in [5, 5.41) is 51.8. The van der Waals surface area contributed by atoms with Crippen molar-refractivity contribution in [2.45, 2.75) is 266 Å². The van der Waals surface area contributed by atoms with Crippen LogP contribution in [0.15, 0.2) is 22.5 Å². The number of guanidine groups is 2. The highest BCUT2D eigenvalue weighted by Gasteiger charge is 2.48. The number of carbonyl (C=O) groups is 19. The number of amides is 16. The molecule has 0 aromatic carbocycles. The van der Waals surface area contributed by atoms with E-state index in [1.54, 1.807) is 13.8 Å². The van der Waals surface area contributed by atoms with Crippen molar-refractivity contribution in [1.82, 2.24) is 82.3 Å². The average molecular weight is 1740 g/mol. The fourth-order valence-electron chi connectivity index (χ4n) is 15.7. The minimum atomic E-state index is -1.92. The number of hydrogen-bond donors (Lipinski definition) is 20. The first-order valence-corrected chi connectivity index (χ1v) is 41.5. The van der Waals surface area contributed by atoms with E-state index in [-0.39, 0.29) is 172 Å². The molecule has 47 heteroatoms. The van der Waals surface area contributed by atoms with E-state index >= 15 is 0 Å². The van der Waals surface area contributed by atoms with E-state index in [4.69, 9.17) is 40.1 Å². The summed E-state index contributed by atoms with van der Waals surface area (Å²) in [5.41, 5.74) is 39.1. The number of aliphatic imine (C=N–C) groups is 2. The molecule has 14 atom stereocenters. The number of aromatic amines is 1. The SMILES string of the molecule is CC(C)C[C@H](NC(=O)[C@@H]1CCCN1C(=O)[C@@H]1CCCN1C(=O)[C@H](CCCN=C(N)N)NC(=O)[C@H](CCC(=O)O)NC(=O)[C@H]1CCCN1C(=O)[C@@H](CC(C)C)NC(=O)CN)C(=O)N[C@@H](CCC(N)=O)C(=O)N[C@@H](CCC(N)=O)C(=O)N1CCC[C@H]1C(=O)N1CCC[C@H]1C(=O)N[C@@H](Cc1cnc[nH]1)C(=O)N[C@@H](CCCN=C(N)N)C(=O)N[C@@H](CC(=O)O)C(=O)O. The van der Waals surface area contributed by atoms with E-state index in [2.05, 4.69) is 67.8 Å². The van der Waals surface area contributed by atoms with Gasteiger partial charge in [-0.05, 0) is 134 Å². The second-order valence-electron chi connectivity index (χ2n) is 32.1. The summed E-state index contributed by atoms with van der Waals surface area (Å²) in [7, 11) is 0. The van der Waals surface area contributed by atoms with Crippen molar-refractivity contribution in [3.63, 3.8) is 0 Å². The second-order valence-corrected chi connectivity index (χ2v) is 32.1. The predicted octanol–water partition coefficient (Wildman–Crippen LogP) is -7.62. The summed E-state index contributed by atoms with van der Waals surface area (Å²) in [6.07, 6.45) is -0.0554. The van der Waals surface area contributed by atoms with Crippen LogP contribution in [-0.4, -0.2) is 311 Å². The van der Waals surface area contributed by atoms with Crippen molar-refractivity contribution in [3.05, 3.63) is 18.2 Å². The Balaban J connectivity index is 1.17. The maximum Gasteiger partial charge on any atom is 0.326 e. The van der Waals surface area contributed by atoms with Gasteiger partial charge >= 0.3 is 17.9 Å². The summed E-state index contributed by atoms with van der Waals surface area (Å²) in [6, 6.07) is -20.0. The van der Waals surface area contributed by atoms with Crippen LogP contribution in [0.2, 0.25) is 0 Å². The molecule has 123 heavy (non-hydrogen) atoms. The van der Waals surface area contributed by atoms with E-state index in [0.29, 0.717) is 12.1 Å². The Morgan fingerprint density at radius 1 is 0.423 bits per heavy atom. The molecule has 0 bridgehead atoms. The summed E-state index contributed by atoms with van der Waals surface area (Å²) in [6.45, 7) is 6.64. The number of hydrogen-bond acceptors (Lipinski definition) is 23. The van der Waals surface area contributed by atoms with E-state index < -0.39 is 248 Å². The maximum absolute atomic E-state index is 15.0. The van der Waals surface area contributed by atoms with E-state index in [1.807, 2.05) is 13.8 Å². The Morgan fingerprint density at radius 3 is 1.20 bits per heavy atom. The molecule has 5 aliphatic heterocycles. The third-order valence-electron chi connectivity index (χ3n) is 21.7. The van der Waals surface area contributed by atoms with Gasteiger partial charge in [-0.15, -0.1) is 0 Å². The van der Waals surface area contributed by atoms with Crippen LogP contribution in [-0.2, 0) is 97.5 Å². The molecule has 6 heterocycles. The minimum absolute atomic E-state index is 0.00878. The normalized spacial score (nSPS) is 19.6. The number of imidazole rings is 1. The lowest BCUT2D eigenvalue weighted by atomic mass is 10.0. The molecule has 6 rings (SSSR count). The van der Waals surface area contributed by atoms with Crippen LogP contribution in [0.25, 0.3) is 0 Å². The molecule has 1 aromatic rings. The van der Waals surface area contributed by atoms with Crippen molar-refractivity contribution in [2.24, 2.45) is 62.0 Å². The maximum atomic E-state index is 15.0. The zero-order valence-electron chi connectivity index (χ0n) is 69.7. The van der Waals surface area contributed by atoms with Crippen LogP contribution in [0.5, 0.6) is 0 Å². The number of nitrogens with two attached hydrogens (primary N) is 7. The molecule has 0 aliphatic carbocycles. The van der Waals surface area contributed by atoms with E-state index in [1.165, 1.54) is 32.1 Å². The highest BCUT2D eigenvalue weighted by atomic mass is 16.4. The van der Waals surface area contributed by atoms with Gasteiger partial charge in [-0.1, -0.05) is 27.7 Å². The van der Waals surface area contributed by atoms with E-state index in [0.717, 1.165) is 4.90 Å². The number of nitrogens with zero attached hydrogens (tertiary/aromatic N) is 8. The summed E-state index contributed by atoms with van der Waals surface area (Å²) in [4.78, 5) is 283. The van der Waals surface area contributed by atoms with Crippen molar-refractivity contribution in [2.75, 3.05) is 52.4 Å². The Hall–Kier alpha value is -12.4. The van der Waals surface area contributed by atoms with Crippen LogP contribution in [0.3, 0.4) is 0 Å². The fraction of sp³-hybridized carbons (Fsp3) is 0.684. The predicted molar refractivity (Wildman–Crippen MR) is 435 cm³/mol. The molecule has 682 valence electrons. The number of likely N-dealkylation sites (tertiary alicyclic amines) is 5. The summed E-state index contributed by atoms with van der Waals surface area (Å²) >= 11 is 0. The standard InChI is InChI=1S/C76H121N25O22/c1-39(2)32-47(94-67(115)52-15-8-28-98(52)72(120)54-17-10-30-100(54)69(117)45(13-6-26-86-76(82)83)92-63(111)44(21-24-59(105)106)91-66(114)51-14-7-27-97(51)71(119)49(33-40(3)4)88-58(104)36-77)64(112)90-43(19-22-56(78)102)62(110)93-46(20-23-57(79)103)70(118)101-31-11-18-55(101)73(121)99-29-9-16-53(99)68(116)95-48(34-41-37-84-38-87-41)65(113)89-42(12-5-25-85-75(80)81)61(109)96-50(74(122)123)35-60(107)108/h37-40,42-55H,5-36,77H2,1-4H3,(H2,78,102)(H2,79,103)(H,84,87)(H,88,104)(H,89,113)(H,90,112)(H,91,114)(H,92,111)(H,93,110)(H,94,115)(H,95,116)(H,96,109)(H,105,106)(H,107,108)(H,122,123)(H4,80,81,85)(H4,82,83,86)/t42-,43-,44-,45-,46-,47-,48-,49+,50-,51+,52-,53-,54-,55-/m0/s1. The lowest BCUT2D eigenvalue weighted by molar-refractivity contribution is -0.148. The van der Waals surface area contributed by atoms with Crippen LogP contribution >= 0.6 is 0 Å². The number of nitrogens with one attached hydrogen (secondary N) is 10. The minimum Gasteiger partial charge on any atom is -0.481 e. The smallest absolute Gasteiger partial charge is 0.326 e. The van der Waals surface area contributed by atoms with Crippen molar-refractivity contribution in [3.8, 4) is 0 Å². The van der Waals surface area contributed by atoms with Gasteiger partial charge in [0.05, 0.1) is 19.3 Å². The quantitative estimate of drug-likeness (QED) is 0.0164. The number of aliphatic carboxylic acids is 3. The van der Waals surface area contributed by atoms with Gasteiger partial charge in [0.2, 0.25) is 94.5 Å². The first-order chi connectivity index (χ1) is 58.2. The molecule has 0 spiro atoms. The molecule has 27 N–H and O–H groups in total. The van der Waals surface area contributed by atoms with Crippen molar-refractivity contribution >= 4 is 124 Å². The van der Waals surface area contributed by atoms with Crippen molar-refractivity contribution < 1.29 is 106 Å². The zero-order chi connectivity index (χ0) is 91.1. The second kappa shape index (κ2) is 48.3. The number of rotatable bonds is 49. The number of carbonyl (C=O) groups excluding carboxylic acids is 16. The third-order valence-corrected chi connectivity index (χ3v) is 21.7. The first kappa shape index (κ1) is 99.5. The van der Waals surface area contributed by atoms with Crippen LogP contribution in [0.4, 0.5) is 0 Å². The Morgan fingerprint density at radius 2 is 0.772 bits per heavy atom. The number of carboxylic acids is 3. The van der Waals surface area contributed by atoms with Crippen LogP contribution in [0.1, 0.15) is 181 Å². The Kier molecular flexibility index (Phi) is 39.1. The van der Waals surface area contributed by atoms with Gasteiger partial charge in [0.15, 0.2) is 11.9 Å². The Bertz CT molecular complexity index is 4020. The Labute approximate surface area is 709 Å². The molecular formula is C76H121N25O22. The molecule has 5 aliphatic rings. The van der Waals surface area contributed by atoms with Gasteiger partial charge in [-0.2, -0.15) is 0 Å². The average Bonchev–Trinajstić information content (AvgIpc) is 1.67. The number of H-pyrrole nitrogens is 1. The topological polar surface area (TPSA) is 745 Å². The number of carboxylic acid groups (broad SMARTS) is 3. The van der Waals surface area contributed by atoms with Crippen LogP contribution in [0, 0.1) is 11.8 Å². The summed E-state index contributed by atoms with van der Waals surface area (Å²) in [5.74, 6) is -19.1. The summed E-state index contributed by atoms with van der Waals surface area (Å²) < 4.78 is 0. The lowest BCUT2D eigenvalue weighted by Gasteiger charge is -2.34. The molecule has 5 fully saturated rings. The molecule has 47 nitrogen and oxygen atoms in total. The highest BCUT2D eigenvalue weighted by Crippen LogP contribution is 2.30. The van der Waals surface area contributed by atoms with Gasteiger partial charge in [0, 0.05) is 83.4 Å². The molecule has 5 saturated heterocycles. The van der Waals surface area contributed by atoms with Crippen LogP contribution < -0.4 is 88.0 Å². The van der Waals surface area contributed by atoms with Gasteiger partial charge in [-0.3, -0.25) is 96.3 Å². The monoisotopic (exact) mass is 1740 g/mol. The third kappa shape index (κ3) is 30.6. The molecule has 0 radical (unpaired) electrons. The van der Waals surface area contributed by atoms with Crippen molar-refractivity contribution in [1.29, 1.82) is 0 Å². The fourth-order valence-corrected chi connectivity index (χ4v) is 15.7. The largest absolute Gasteiger partial charge is 0.481 e. The molecule has 0 unspecified atom stereocenters. The highest BCUT2D eigenvalue weighted by molar-refractivity contribution is 6.02. The number of primary amides is 2. The first-order valence-electron chi connectivity index (χ1n) is 41.5. The van der Waals surface area contributed by atoms with Gasteiger partial charge in [-0.25, -0.2) is 9.78 Å². The van der Waals surface area contributed by atoms with E-state index in [9.17, 15) is 106 Å². The zero-order valence-corrected chi connectivity index (χ0v) is 69.7. The molecule has 16 amide bonds. The molecule has 1 aromatic heterocycles. The number of aromatic nitrogens is 2. The van der Waals surface area contributed by atoms with Gasteiger partial charge in [0.25, 0.3) is 0 Å². The van der Waals surface area contributed by atoms with Gasteiger partial charge in [0.1, 0.15) is 84.6 Å². The van der Waals surface area contributed by atoms with Gasteiger partial charge < -0.3 is 133 Å². The lowest BCUT2D eigenvalue weighted by Crippen LogP contribution is -2.60. The molecular weight excluding hydrogens is 1610 g/mol. The molecule has 0 saturated carbocycles.